The van der Waals surface area contributed by atoms with Crippen molar-refractivity contribution in [3.63, 3.8) is 0 Å². The highest BCUT2D eigenvalue weighted by Gasteiger charge is 2.52. The zero-order chi connectivity index (χ0) is 10.2. The third-order valence-electron chi connectivity index (χ3n) is 4.17. The van der Waals surface area contributed by atoms with Gasteiger partial charge in [0.15, 0.2) is 0 Å². The largest absolute Gasteiger partial charge is 0.469 e. The molecule has 0 heterocycles. The molecular weight excluding hydrogens is 180 g/mol. The first-order chi connectivity index (χ1) is 6.66. The average Bonchev–Trinajstić information content (AvgIpc) is 2.30. The zero-order valence-electron chi connectivity index (χ0n) is 8.64. The number of fused-ring (bicyclic) bond motifs is 3. The number of nitrogens with two attached hydrogens (primary N) is 1. The fourth-order valence-corrected chi connectivity index (χ4v) is 2.92. The van der Waals surface area contributed by atoms with E-state index >= 15 is 0 Å². The summed E-state index contributed by atoms with van der Waals surface area (Å²) in [7, 11) is 1.48. The number of ether oxygens (including phenoxy) is 1. The highest BCUT2D eigenvalue weighted by atomic mass is 16.5. The van der Waals surface area contributed by atoms with E-state index in [1.807, 2.05) is 0 Å². The van der Waals surface area contributed by atoms with Gasteiger partial charge in [-0.25, -0.2) is 0 Å². The van der Waals surface area contributed by atoms with Gasteiger partial charge in [0, 0.05) is 5.54 Å². The van der Waals surface area contributed by atoms with E-state index in [9.17, 15) is 4.79 Å². The van der Waals surface area contributed by atoms with Crippen molar-refractivity contribution in [1.29, 1.82) is 0 Å². The lowest BCUT2D eigenvalue weighted by Gasteiger charge is -2.51. The molecule has 4 nitrogen and oxygen atoms in total. The predicted octanol–water partition coefficient (Wildman–Crippen LogP) is 0.716. The van der Waals surface area contributed by atoms with E-state index < -0.39 is 0 Å². The molecule has 0 spiro atoms. The summed E-state index contributed by atoms with van der Waals surface area (Å²) in [5, 5.41) is 0. The fourth-order valence-electron chi connectivity index (χ4n) is 2.92. The molecule has 0 saturated heterocycles. The van der Waals surface area contributed by atoms with Crippen molar-refractivity contribution in [3.05, 3.63) is 0 Å². The zero-order valence-corrected chi connectivity index (χ0v) is 8.64. The summed E-state index contributed by atoms with van der Waals surface area (Å²) in [5.41, 5.74) is 2.85. The molecule has 0 aromatic heterocycles. The summed E-state index contributed by atoms with van der Waals surface area (Å²) >= 11 is 0. The number of nitrogens with one attached hydrogen (secondary N) is 1. The number of methoxy groups -OCH3 is 1. The Hall–Kier alpha value is -0.610. The van der Waals surface area contributed by atoms with Crippen molar-refractivity contribution >= 4 is 5.97 Å². The number of esters is 1. The van der Waals surface area contributed by atoms with Crippen LogP contribution in [0.2, 0.25) is 0 Å². The summed E-state index contributed by atoms with van der Waals surface area (Å²) < 4.78 is 4.88. The third-order valence-corrected chi connectivity index (χ3v) is 4.17. The van der Waals surface area contributed by atoms with Crippen LogP contribution in [0.4, 0.5) is 0 Å². The van der Waals surface area contributed by atoms with Gasteiger partial charge >= 0.3 is 5.97 Å². The SMILES string of the molecule is COC(=O)C12CCC(NN)(CC1)CC2. The maximum atomic E-state index is 11.7. The van der Waals surface area contributed by atoms with E-state index in [-0.39, 0.29) is 16.9 Å². The molecule has 3 rings (SSSR count). The van der Waals surface area contributed by atoms with Crippen LogP contribution in [-0.4, -0.2) is 18.6 Å². The Kier molecular flexibility index (Phi) is 2.27. The van der Waals surface area contributed by atoms with Gasteiger partial charge in [-0.3, -0.25) is 16.1 Å². The lowest BCUT2D eigenvalue weighted by atomic mass is 9.57. The Labute approximate surface area is 84.1 Å². The Bertz CT molecular complexity index is 228. The number of carbonyl (C=O) groups excluding carboxylic acids is 1. The Morgan fingerprint density at radius 1 is 1.21 bits per heavy atom. The molecule has 3 aliphatic rings. The molecule has 0 aromatic carbocycles. The molecule has 0 atom stereocenters. The normalized spacial score (nSPS) is 41.0. The topological polar surface area (TPSA) is 64.3 Å². The van der Waals surface area contributed by atoms with Gasteiger partial charge in [-0.2, -0.15) is 0 Å². The Balaban J connectivity index is 2.12. The van der Waals surface area contributed by atoms with Crippen LogP contribution in [0.1, 0.15) is 38.5 Å². The van der Waals surface area contributed by atoms with Crippen molar-refractivity contribution in [1.82, 2.24) is 5.43 Å². The maximum Gasteiger partial charge on any atom is 0.311 e. The van der Waals surface area contributed by atoms with E-state index in [1.54, 1.807) is 0 Å². The van der Waals surface area contributed by atoms with Crippen LogP contribution < -0.4 is 11.3 Å². The van der Waals surface area contributed by atoms with Gasteiger partial charge in [-0.15, -0.1) is 0 Å². The first-order valence-corrected chi connectivity index (χ1v) is 5.23. The van der Waals surface area contributed by atoms with Gasteiger partial charge < -0.3 is 4.74 Å². The quantitative estimate of drug-likeness (QED) is 0.390. The lowest BCUT2D eigenvalue weighted by molar-refractivity contribution is -0.160. The second-order valence-electron chi connectivity index (χ2n) is 4.70. The molecule has 3 fully saturated rings. The summed E-state index contributed by atoms with van der Waals surface area (Å²) in [6.07, 6.45) is 5.76. The second kappa shape index (κ2) is 3.21. The van der Waals surface area contributed by atoms with Gasteiger partial charge in [0.1, 0.15) is 0 Å². The van der Waals surface area contributed by atoms with Crippen LogP contribution in [0.3, 0.4) is 0 Å². The molecule has 14 heavy (non-hydrogen) atoms. The molecule has 0 aromatic rings. The molecule has 2 bridgehead atoms. The number of rotatable bonds is 2. The van der Waals surface area contributed by atoms with E-state index in [2.05, 4.69) is 5.43 Å². The number of carbonyl (C=O) groups is 1. The van der Waals surface area contributed by atoms with E-state index in [0.717, 1.165) is 38.5 Å². The van der Waals surface area contributed by atoms with Crippen molar-refractivity contribution in [2.24, 2.45) is 11.3 Å². The summed E-state index contributed by atoms with van der Waals surface area (Å²) in [4.78, 5) is 11.7. The van der Waals surface area contributed by atoms with Crippen molar-refractivity contribution in [2.45, 2.75) is 44.1 Å². The van der Waals surface area contributed by atoms with Crippen molar-refractivity contribution in [3.8, 4) is 0 Å². The Morgan fingerprint density at radius 3 is 2.07 bits per heavy atom. The van der Waals surface area contributed by atoms with Gasteiger partial charge in [0.25, 0.3) is 0 Å². The van der Waals surface area contributed by atoms with Crippen LogP contribution >= 0.6 is 0 Å². The maximum absolute atomic E-state index is 11.7. The summed E-state index contributed by atoms with van der Waals surface area (Å²) in [6.45, 7) is 0. The monoisotopic (exact) mass is 198 g/mol. The number of hydrogen-bond acceptors (Lipinski definition) is 4. The molecule has 0 radical (unpaired) electrons. The van der Waals surface area contributed by atoms with Crippen molar-refractivity contribution < 1.29 is 9.53 Å². The summed E-state index contributed by atoms with van der Waals surface area (Å²) in [6, 6.07) is 0. The van der Waals surface area contributed by atoms with Gasteiger partial charge in [-0.05, 0) is 38.5 Å². The Morgan fingerprint density at radius 2 is 1.71 bits per heavy atom. The molecule has 3 aliphatic carbocycles. The fraction of sp³-hybridized carbons (Fsp3) is 0.900. The summed E-state index contributed by atoms with van der Waals surface area (Å²) in [5.74, 6) is 5.53. The average molecular weight is 198 g/mol. The standard InChI is InChI=1S/C10H18N2O2/c1-14-8(13)9-2-5-10(12-11,6-3-9)7-4-9/h12H,2-7,11H2,1H3. The van der Waals surface area contributed by atoms with Crippen LogP contribution in [0, 0.1) is 5.41 Å². The molecular formula is C10H18N2O2. The highest BCUT2D eigenvalue weighted by molar-refractivity contribution is 5.77. The van der Waals surface area contributed by atoms with Crippen LogP contribution in [0.15, 0.2) is 0 Å². The van der Waals surface area contributed by atoms with Crippen LogP contribution in [0.5, 0.6) is 0 Å². The minimum Gasteiger partial charge on any atom is -0.469 e. The van der Waals surface area contributed by atoms with Crippen molar-refractivity contribution in [2.75, 3.05) is 7.11 Å². The van der Waals surface area contributed by atoms with E-state index in [0.29, 0.717) is 0 Å². The van der Waals surface area contributed by atoms with E-state index in [4.69, 9.17) is 10.6 Å². The van der Waals surface area contributed by atoms with Crippen LogP contribution in [-0.2, 0) is 9.53 Å². The minimum atomic E-state index is -0.187. The van der Waals surface area contributed by atoms with E-state index in [1.165, 1.54) is 7.11 Å². The molecule has 80 valence electrons. The molecule has 3 saturated carbocycles. The molecule has 0 aliphatic heterocycles. The highest BCUT2D eigenvalue weighted by Crippen LogP contribution is 2.52. The molecule has 0 unspecified atom stereocenters. The number of hydrazine groups is 1. The third kappa shape index (κ3) is 1.25. The number of hydrogen-bond donors (Lipinski definition) is 2. The van der Waals surface area contributed by atoms with Gasteiger partial charge in [-0.1, -0.05) is 0 Å². The molecule has 0 amide bonds. The molecule has 3 N–H and O–H groups in total. The first-order valence-electron chi connectivity index (χ1n) is 5.23. The van der Waals surface area contributed by atoms with Gasteiger partial charge in [0.05, 0.1) is 12.5 Å². The lowest BCUT2D eigenvalue weighted by Crippen LogP contribution is -2.59. The van der Waals surface area contributed by atoms with Crippen LogP contribution in [0.25, 0.3) is 0 Å². The second-order valence-corrected chi connectivity index (χ2v) is 4.70. The predicted molar refractivity (Wildman–Crippen MR) is 52.2 cm³/mol. The smallest absolute Gasteiger partial charge is 0.311 e. The molecule has 4 heteroatoms. The first kappa shape index (κ1) is 9.93. The van der Waals surface area contributed by atoms with Gasteiger partial charge in [0.2, 0.25) is 0 Å². The minimum absolute atomic E-state index is 0.0252.